The first kappa shape index (κ1) is 29.0. The van der Waals surface area contributed by atoms with E-state index in [1.807, 2.05) is 42.1 Å². The number of hydrogen-bond donors (Lipinski definition) is 0. The lowest BCUT2D eigenvalue weighted by Gasteiger charge is -2.44. The standard InChI is InChI=1S/C29H39F3N4O3/c1-33(2)21-28(22-6-5-7-23(18-22)29(30,31)32)10-12-36(13-11-28)27(37)20-34-14-16-35(17-15-34)24-8-9-25(38-3)26(19-24)39-4/h5-9,18-19H,10-17,20-21H2,1-4H3. The van der Waals surface area contributed by atoms with Gasteiger partial charge in [-0.05, 0) is 50.7 Å². The maximum Gasteiger partial charge on any atom is 0.416 e. The van der Waals surface area contributed by atoms with Gasteiger partial charge in [-0.15, -0.1) is 0 Å². The molecule has 0 aromatic heterocycles. The number of nitrogens with zero attached hydrogens (tertiary/aromatic N) is 4. The number of ether oxygens (including phenoxy) is 2. The van der Waals surface area contributed by atoms with Gasteiger partial charge in [-0.2, -0.15) is 13.2 Å². The molecule has 2 aromatic carbocycles. The van der Waals surface area contributed by atoms with Crippen LogP contribution in [0.25, 0.3) is 0 Å². The Morgan fingerprint density at radius 1 is 0.923 bits per heavy atom. The second-order valence-electron chi connectivity index (χ2n) is 10.8. The van der Waals surface area contributed by atoms with E-state index in [9.17, 15) is 18.0 Å². The van der Waals surface area contributed by atoms with Crippen molar-refractivity contribution < 1.29 is 27.4 Å². The number of carbonyl (C=O) groups excluding carboxylic acids is 1. The third-order valence-electron chi connectivity index (χ3n) is 7.96. The summed E-state index contributed by atoms with van der Waals surface area (Å²) in [6, 6.07) is 11.6. The molecule has 0 spiro atoms. The summed E-state index contributed by atoms with van der Waals surface area (Å²) in [5.74, 6) is 1.46. The number of methoxy groups -OCH3 is 2. The second-order valence-corrected chi connectivity index (χ2v) is 10.8. The van der Waals surface area contributed by atoms with Crippen LogP contribution in [-0.2, 0) is 16.4 Å². The molecule has 7 nitrogen and oxygen atoms in total. The zero-order valence-corrected chi connectivity index (χ0v) is 23.3. The molecule has 0 bridgehead atoms. The van der Waals surface area contributed by atoms with E-state index in [-0.39, 0.29) is 5.91 Å². The largest absolute Gasteiger partial charge is 0.493 e. The van der Waals surface area contributed by atoms with Gasteiger partial charge in [0.25, 0.3) is 0 Å². The van der Waals surface area contributed by atoms with Crippen LogP contribution in [0.5, 0.6) is 11.5 Å². The summed E-state index contributed by atoms with van der Waals surface area (Å²) in [6.45, 7) is 5.18. The summed E-state index contributed by atoms with van der Waals surface area (Å²) in [5.41, 5.74) is 0.710. The molecular formula is C29H39F3N4O3. The number of carbonyl (C=O) groups is 1. The molecule has 2 saturated heterocycles. The molecular weight excluding hydrogens is 509 g/mol. The number of likely N-dealkylation sites (N-methyl/N-ethyl adjacent to an activating group) is 1. The van der Waals surface area contributed by atoms with Crippen LogP contribution in [0.3, 0.4) is 0 Å². The van der Waals surface area contributed by atoms with Crippen molar-refractivity contribution >= 4 is 11.6 Å². The molecule has 1 amide bonds. The molecule has 0 unspecified atom stereocenters. The van der Waals surface area contributed by atoms with E-state index in [0.717, 1.165) is 37.9 Å². The van der Waals surface area contributed by atoms with Gasteiger partial charge in [0.2, 0.25) is 5.91 Å². The average molecular weight is 549 g/mol. The highest BCUT2D eigenvalue weighted by Crippen LogP contribution is 2.39. The lowest BCUT2D eigenvalue weighted by Crippen LogP contribution is -2.53. The van der Waals surface area contributed by atoms with Gasteiger partial charge in [0.15, 0.2) is 11.5 Å². The summed E-state index contributed by atoms with van der Waals surface area (Å²) in [6.07, 6.45) is -3.12. The summed E-state index contributed by atoms with van der Waals surface area (Å²) >= 11 is 0. The summed E-state index contributed by atoms with van der Waals surface area (Å²) < 4.78 is 51.0. The first-order chi connectivity index (χ1) is 18.5. The van der Waals surface area contributed by atoms with E-state index < -0.39 is 17.2 Å². The van der Waals surface area contributed by atoms with Crippen molar-refractivity contribution in [1.82, 2.24) is 14.7 Å². The third kappa shape index (κ3) is 6.78. The smallest absolute Gasteiger partial charge is 0.416 e. The quantitative estimate of drug-likeness (QED) is 0.498. The SMILES string of the molecule is COc1ccc(N2CCN(CC(=O)N3CCC(CN(C)C)(c4cccc(C(F)(F)F)c4)CC3)CC2)cc1OC. The minimum Gasteiger partial charge on any atom is -0.493 e. The van der Waals surface area contributed by atoms with Crippen molar-refractivity contribution in [3.05, 3.63) is 53.6 Å². The molecule has 0 atom stereocenters. The van der Waals surface area contributed by atoms with Crippen LogP contribution in [0, 0.1) is 0 Å². The molecule has 2 heterocycles. The summed E-state index contributed by atoms with van der Waals surface area (Å²) in [7, 11) is 7.11. The predicted octanol–water partition coefficient (Wildman–Crippen LogP) is 3.97. The monoisotopic (exact) mass is 548 g/mol. The molecule has 0 aliphatic carbocycles. The molecule has 2 fully saturated rings. The number of anilines is 1. The van der Waals surface area contributed by atoms with E-state index in [1.54, 1.807) is 20.3 Å². The maximum absolute atomic E-state index is 13.4. The Hall–Kier alpha value is -2.98. The van der Waals surface area contributed by atoms with Gasteiger partial charge in [0.1, 0.15) is 0 Å². The summed E-state index contributed by atoms with van der Waals surface area (Å²) in [5, 5.41) is 0. The number of rotatable bonds is 8. The van der Waals surface area contributed by atoms with Crippen molar-refractivity contribution in [3.63, 3.8) is 0 Å². The van der Waals surface area contributed by atoms with Gasteiger partial charge in [0, 0.05) is 63.0 Å². The Morgan fingerprint density at radius 3 is 2.18 bits per heavy atom. The Bertz CT molecular complexity index is 1130. The topological polar surface area (TPSA) is 48.5 Å². The number of piperidine rings is 1. The van der Waals surface area contributed by atoms with Crippen molar-refractivity contribution in [2.24, 2.45) is 0 Å². The van der Waals surface area contributed by atoms with E-state index in [1.165, 1.54) is 12.1 Å². The van der Waals surface area contributed by atoms with Gasteiger partial charge in [-0.3, -0.25) is 9.69 Å². The molecule has 2 aliphatic heterocycles. The fraction of sp³-hybridized carbons (Fsp3) is 0.552. The fourth-order valence-corrected chi connectivity index (χ4v) is 5.83. The molecule has 4 rings (SSSR count). The molecule has 0 radical (unpaired) electrons. The highest BCUT2D eigenvalue weighted by atomic mass is 19.4. The van der Waals surface area contributed by atoms with E-state index in [2.05, 4.69) is 9.80 Å². The fourth-order valence-electron chi connectivity index (χ4n) is 5.83. The number of hydrogen-bond acceptors (Lipinski definition) is 6. The lowest BCUT2D eigenvalue weighted by molar-refractivity contribution is -0.137. The number of amides is 1. The second kappa shape index (κ2) is 12.0. The molecule has 10 heteroatoms. The zero-order chi connectivity index (χ0) is 28.2. The van der Waals surface area contributed by atoms with Gasteiger partial charge in [0.05, 0.1) is 26.3 Å². The molecule has 0 N–H and O–H groups in total. The van der Waals surface area contributed by atoms with Gasteiger partial charge >= 0.3 is 6.18 Å². The van der Waals surface area contributed by atoms with Crippen LogP contribution in [0.4, 0.5) is 18.9 Å². The predicted molar refractivity (Wildman–Crippen MR) is 146 cm³/mol. The van der Waals surface area contributed by atoms with E-state index in [4.69, 9.17) is 9.47 Å². The molecule has 39 heavy (non-hydrogen) atoms. The number of piperazine rings is 1. The lowest BCUT2D eigenvalue weighted by atomic mass is 9.72. The van der Waals surface area contributed by atoms with Crippen LogP contribution in [-0.4, -0.2) is 101 Å². The Kier molecular flexibility index (Phi) is 8.96. The normalized spacial score (nSPS) is 18.4. The van der Waals surface area contributed by atoms with Crippen LogP contribution < -0.4 is 14.4 Å². The summed E-state index contributed by atoms with van der Waals surface area (Å²) in [4.78, 5) is 21.6. The average Bonchev–Trinajstić information content (AvgIpc) is 2.92. The molecule has 214 valence electrons. The van der Waals surface area contributed by atoms with E-state index in [0.29, 0.717) is 56.1 Å². The van der Waals surface area contributed by atoms with Crippen molar-refractivity contribution in [2.45, 2.75) is 24.4 Å². The van der Waals surface area contributed by atoms with Gasteiger partial charge in [-0.25, -0.2) is 0 Å². The van der Waals surface area contributed by atoms with E-state index >= 15 is 0 Å². The minimum absolute atomic E-state index is 0.0806. The first-order valence-electron chi connectivity index (χ1n) is 13.3. The number of benzene rings is 2. The van der Waals surface area contributed by atoms with Crippen LogP contribution in [0.2, 0.25) is 0 Å². The molecule has 2 aliphatic rings. The Balaban J connectivity index is 1.34. The zero-order valence-electron chi connectivity index (χ0n) is 23.3. The van der Waals surface area contributed by atoms with Crippen molar-refractivity contribution in [3.8, 4) is 11.5 Å². The maximum atomic E-state index is 13.4. The number of alkyl halides is 3. The Labute approximate surface area is 229 Å². The van der Waals surface area contributed by atoms with Crippen LogP contribution >= 0.6 is 0 Å². The minimum atomic E-state index is -4.38. The van der Waals surface area contributed by atoms with Gasteiger partial charge in [-0.1, -0.05) is 18.2 Å². The Morgan fingerprint density at radius 2 is 1.59 bits per heavy atom. The molecule has 2 aromatic rings. The van der Waals surface area contributed by atoms with Crippen LogP contribution in [0.15, 0.2) is 42.5 Å². The number of halogens is 3. The number of likely N-dealkylation sites (tertiary alicyclic amines) is 1. The van der Waals surface area contributed by atoms with Crippen LogP contribution in [0.1, 0.15) is 24.0 Å². The molecule has 0 saturated carbocycles. The first-order valence-corrected chi connectivity index (χ1v) is 13.3. The van der Waals surface area contributed by atoms with Crippen molar-refractivity contribution in [1.29, 1.82) is 0 Å². The third-order valence-corrected chi connectivity index (χ3v) is 7.96. The van der Waals surface area contributed by atoms with Crippen molar-refractivity contribution in [2.75, 3.05) is 85.6 Å². The van der Waals surface area contributed by atoms with Gasteiger partial charge < -0.3 is 24.2 Å². The highest BCUT2D eigenvalue weighted by molar-refractivity contribution is 5.78. The highest BCUT2D eigenvalue weighted by Gasteiger charge is 2.40.